The summed E-state index contributed by atoms with van der Waals surface area (Å²) in [5, 5.41) is 0. The summed E-state index contributed by atoms with van der Waals surface area (Å²) in [4.78, 5) is 14.8. The molecule has 2 fully saturated rings. The monoisotopic (exact) mass is 469 g/mol. The maximum Gasteiger partial charge on any atom is 0.522 e. The van der Waals surface area contributed by atoms with Crippen LogP contribution >= 0.6 is 0 Å². The van der Waals surface area contributed by atoms with Crippen LogP contribution in [0.2, 0.25) is 0 Å². The van der Waals surface area contributed by atoms with Crippen molar-refractivity contribution >= 4 is 5.91 Å². The van der Waals surface area contributed by atoms with Gasteiger partial charge in [0.25, 0.3) is 5.91 Å². The molecule has 7 nitrogen and oxygen atoms in total. The van der Waals surface area contributed by atoms with Gasteiger partial charge in [0.05, 0.1) is 23.0 Å². The number of piperidine rings is 1. The Hall–Kier alpha value is -2.82. The van der Waals surface area contributed by atoms with Crippen molar-refractivity contribution in [3.8, 4) is 11.5 Å². The SMILES string of the molecule is [2H]C1([2H])OC2CN(C(=O)c3ccc(OCCOC(F)(F)F)c(OC)c3)CC[C@]2(c2ccccc2)O1. The van der Waals surface area contributed by atoms with Crippen molar-refractivity contribution < 1.29 is 44.4 Å². The lowest BCUT2D eigenvalue weighted by Crippen LogP contribution is -2.53. The third kappa shape index (κ3) is 5.07. The lowest BCUT2D eigenvalue weighted by atomic mass is 9.82. The fraction of sp³-hybridized carbons (Fsp3) is 0.435. The van der Waals surface area contributed by atoms with Crippen molar-refractivity contribution in [2.45, 2.75) is 24.5 Å². The number of alkyl halides is 3. The molecule has 2 aromatic carbocycles. The van der Waals surface area contributed by atoms with Crippen molar-refractivity contribution in [1.82, 2.24) is 4.90 Å². The molecule has 2 aromatic rings. The van der Waals surface area contributed by atoms with E-state index < -0.39 is 31.4 Å². The second-order valence-electron chi connectivity index (χ2n) is 7.56. The van der Waals surface area contributed by atoms with E-state index in [1.54, 1.807) is 4.90 Å². The van der Waals surface area contributed by atoms with Crippen molar-refractivity contribution in [2.75, 3.05) is 40.2 Å². The summed E-state index contributed by atoms with van der Waals surface area (Å²) < 4.78 is 77.8. The highest BCUT2D eigenvalue weighted by Crippen LogP contribution is 2.42. The lowest BCUT2D eigenvalue weighted by molar-refractivity contribution is -0.325. The van der Waals surface area contributed by atoms with Gasteiger partial charge in [-0.05, 0) is 23.8 Å². The summed E-state index contributed by atoms with van der Waals surface area (Å²) in [5.41, 5.74) is 0.0288. The van der Waals surface area contributed by atoms with E-state index in [1.165, 1.54) is 25.3 Å². The Labute approximate surface area is 191 Å². The number of carbonyl (C=O) groups excluding carboxylic acids is 1. The number of hydrogen-bond acceptors (Lipinski definition) is 6. The fourth-order valence-corrected chi connectivity index (χ4v) is 4.01. The lowest BCUT2D eigenvalue weighted by Gasteiger charge is -2.42. The molecule has 0 spiro atoms. The van der Waals surface area contributed by atoms with Crippen LogP contribution < -0.4 is 9.47 Å². The molecule has 0 aliphatic carbocycles. The number of fused-ring (bicyclic) bond motifs is 1. The number of halogens is 3. The number of benzene rings is 2. The Morgan fingerprint density at radius 2 is 2.00 bits per heavy atom. The number of rotatable bonds is 7. The Morgan fingerprint density at radius 3 is 2.73 bits per heavy atom. The Morgan fingerprint density at radius 1 is 1.21 bits per heavy atom. The van der Waals surface area contributed by atoms with Crippen molar-refractivity contribution in [2.24, 2.45) is 0 Å². The molecule has 2 saturated heterocycles. The molecular formula is C23H24F3NO6. The number of hydrogen-bond donors (Lipinski definition) is 0. The first-order valence-corrected chi connectivity index (χ1v) is 10.3. The van der Waals surface area contributed by atoms with E-state index in [0.717, 1.165) is 5.56 Å². The maximum atomic E-state index is 13.2. The van der Waals surface area contributed by atoms with Gasteiger partial charge < -0.3 is 23.8 Å². The topological polar surface area (TPSA) is 66.5 Å². The number of methoxy groups -OCH3 is 1. The van der Waals surface area contributed by atoms with Gasteiger partial charge in [0, 0.05) is 18.5 Å². The molecule has 0 saturated carbocycles. The summed E-state index contributed by atoms with van der Waals surface area (Å²) in [6, 6.07) is 13.6. The zero-order valence-corrected chi connectivity index (χ0v) is 17.8. The van der Waals surface area contributed by atoms with Gasteiger partial charge in [-0.15, -0.1) is 13.2 Å². The minimum absolute atomic E-state index is 0.0998. The van der Waals surface area contributed by atoms with Crippen LogP contribution in [0.15, 0.2) is 48.5 Å². The molecule has 0 N–H and O–H groups in total. The zero-order chi connectivity index (χ0) is 25.3. The maximum absolute atomic E-state index is 13.2. The van der Waals surface area contributed by atoms with Crippen molar-refractivity contribution in [3.05, 3.63) is 59.7 Å². The number of carbonyl (C=O) groups is 1. The summed E-state index contributed by atoms with van der Waals surface area (Å²) >= 11 is 0. The molecule has 0 aromatic heterocycles. The first-order chi connectivity index (χ1) is 16.5. The first kappa shape index (κ1) is 20.8. The van der Waals surface area contributed by atoms with Crippen LogP contribution in [0.4, 0.5) is 13.2 Å². The van der Waals surface area contributed by atoms with Gasteiger partial charge in [-0.25, -0.2) is 0 Å². The second-order valence-corrected chi connectivity index (χ2v) is 7.56. The smallest absolute Gasteiger partial charge is 0.493 e. The molecule has 1 amide bonds. The normalized spacial score (nSPS) is 25.1. The highest BCUT2D eigenvalue weighted by molar-refractivity contribution is 5.95. The molecule has 0 bridgehead atoms. The van der Waals surface area contributed by atoms with Gasteiger partial charge in [-0.2, -0.15) is 0 Å². The van der Waals surface area contributed by atoms with Crippen LogP contribution in [0.5, 0.6) is 11.5 Å². The van der Waals surface area contributed by atoms with Crippen LogP contribution in [0.25, 0.3) is 0 Å². The summed E-state index contributed by atoms with van der Waals surface area (Å²) in [5.74, 6) is 0.000506. The average Bonchev–Trinajstić information content (AvgIpc) is 3.11. The minimum Gasteiger partial charge on any atom is -0.493 e. The highest BCUT2D eigenvalue weighted by Gasteiger charge is 2.51. The molecule has 1 unspecified atom stereocenters. The van der Waals surface area contributed by atoms with E-state index in [9.17, 15) is 18.0 Å². The summed E-state index contributed by atoms with van der Waals surface area (Å²) in [6.07, 6.45) is -5.15. The molecule has 2 aliphatic heterocycles. The van der Waals surface area contributed by atoms with Crippen LogP contribution in [-0.2, 0) is 19.8 Å². The third-order valence-corrected chi connectivity index (χ3v) is 5.64. The molecular weight excluding hydrogens is 443 g/mol. The van der Waals surface area contributed by atoms with E-state index in [0.29, 0.717) is 13.0 Å². The van der Waals surface area contributed by atoms with Crippen LogP contribution in [-0.4, -0.2) is 63.4 Å². The molecule has 178 valence electrons. The van der Waals surface area contributed by atoms with Gasteiger partial charge >= 0.3 is 6.36 Å². The molecule has 4 rings (SSSR count). The van der Waals surface area contributed by atoms with Crippen LogP contribution in [0.3, 0.4) is 0 Å². The molecule has 2 heterocycles. The van der Waals surface area contributed by atoms with Crippen LogP contribution in [0, 0.1) is 0 Å². The minimum atomic E-state index is -4.75. The van der Waals surface area contributed by atoms with E-state index in [2.05, 4.69) is 4.74 Å². The van der Waals surface area contributed by atoms with Gasteiger partial charge in [0.15, 0.2) is 11.5 Å². The standard InChI is InChI=1S/C23H24F3NO6/c1-29-19-13-16(7-8-18(19)30-11-12-32-23(24,25)26)21(28)27-10-9-22(17-5-3-2-4-6-17)20(14-27)31-15-33-22/h2-8,13,20H,9-12,14-15H2,1H3/t20?,22-/m1/s1/i15D2. The van der Waals surface area contributed by atoms with E-state index >= 15 is 0 Å². The third-order valence-electron chi connectivity index (χ3n) is 5.64. The van der Waals surface area contributed by atoms with Crippen molar-refractivity contribution in [3.63, 3.8) is 0 Å². The number of likely N-dealkylation sites (tertiary alicyclic amines) is 1. The van der Waals surface area contributed by atoms with Crippen molar-refractivity contribution in [1.29, 1.82) is 0 Å². The molecule has 2 atom stereocenters. The van der Waals surface area contributed by atoms with Crippen LogP contribution in [0.1, 0.15) is 25.1 Å². The Kier molecular flexibility index (Phi) is 6.03. The number of ether oxygens (including phenoxy) is 5. The summed E-state index contributed by atoms with van der Waals surface area (Å²) in [7, 11) is 1.35. The predicted molar refractivity (Wildman–Crippen MR) is 110 cm³/mol. The fourth-order valence-electron chi connectivity index (χ4n) is 4.01. The highest BCUT2D eigenvalue weighted by atomic mass is 19.4. The van der Waals surface area contributed by atoms with E-state index in [4.69, 9.17) is 21.7 Å². The van der Waals surface area contributed by atoms with Gasteiger partial charge in [0.1, 0.15) is 25.1 Å². The summed E-state index contributed by atoms with van der Waals surface area (Å²) in [6.45, 7) is -2.96. The first-order valence-electron chi connectivity index (χ1n) is 11.3. The van der Waals surface area contributed by atoms with Gasteiger partial charge in [-0.1, -0.05) is 30.3 Å². The number of amides is 1. The Balaban J connectivity index is 1.46. The molecule has 33 heavy (non-hydrogen) atoms. The molecule has 2 aliphatic rings. The number of nitrogens with zero attached hydrogens (tertiary/aromatic N) is 1. The average molecular weight is 469 g/mol. The second kappa shape index (κ2) is 9.58. The predicted octanol–water partition coefficient (Wildman–Crippen LogP) is 3.72. The molecule has 10 heteroatoms. The quantitative estimate of drug-likeness (QED) is 0.576. The zero-order valence-electron chi connectivity index (χ0n) is 19.8. The van der Waals surface area contributed by atoms with E-state index in [1.807, 2.05) is 30.3 Å². The van der Waals surface area contributed by atoms with Gasteiger partial charge in [-0.3, -0.25) is 9.53 Å². The van der Waals surface area contributed by atoms with Gasteiger partial charge in [0.2, 0.25) is 0 Å². The molecule has 0 radical (unpaired) electrons. The Bertz CT molecular complexity index is 1060. The largest absolute Gasteiger partial charge is 0.522 e. The van der Waals surface area contributed by atoms with E-state index in [-0.39, 0.29) is 36.1 Å².